The fourth-order valence-electron chi connectivity index (χ4n) is 3.32. The van der Waals surface area contributed by atoms with E-state index in [2.05, 4.69) is 12.6 Å². The molecule has 0 spiro atoms. The van der Waals surface area contributed by atoms with Crippen LogP contribution in [0.25, 0.3) is 0 Å². The summed E-state index contributed by atoms with van der Waals surface area (Å²) in [4.78, 5) is 14.7. The van der Waals surface area contributed by atoms with Crippen LogP contribution in [0.4, 0.5) is 0 Å². The maximum absolute atomic E-state index is 12.6. The van der Waals surface area contributed by atoms with E-state index in [-0.39, 0.29) is 23.3 Å². The van der Waals surface area contributed by atoms with E-state index in [1.54, 1.807) is 0 Å². The molecule has 3 atom stereocenters. The van der Waals surface area contributed by atoms with Crippen molar-refractivity contribution in [3.05, 3.63) is 35.9 Å². The lowest BCUT2D eigenvalue weighted by atomic mass is 10.1. The summed E-state index contributed by atoms with van der Waals surface area (Å²) in [6, 6.07) is 10.4. The van der Waals surface area contributed by atoms with Crippen LogP contribution in [0.5, 0.6) is 0 Å². The van der Waals surface area contributed by atoms with E-state index in [9.17, 15) is 4.79 Å². The average Bonchev–Trinajstić information content (AvgIpc) is 2.96. The third-order valence-electron chi connectivity index (χ3n) is 4.32. The Morgan fingerprint density at radius 1 is 1.35 bits per heavy atom. The highest BCUT2D eigenvalue weighted by Gasteiger charge is 2.39. The van der Waals surface area contributed by atoms with Gasteiger partial charge in [-0.2, -0.15) is 12.6 Å². The smallest absolute Gasteiger partial charge is 0.236 e. The van der Waals surface area contributed by atoms with Crippen molar-refractivity contribution in [3.8, 4) is 0 Å². The highest BCUT2D eigenvalue weighted by atomic mass is 32.1. The zero-order valence-corrected chi connectivity index (χ0v) is 12.5. The highest BCUT2D eigenvalue weighted by Crippen LogP contribution is 2.30. The third kappa shape index (κ3) is 2.86. The molecule has 1 saturated heterocycles. The van der Waals surface area contributed by atoms with Crippen molar-refractivity contribution in [1.29, 1.82) is 0 Å². The molecule has 1 aromatic carbocycles. The molecule has 0 N–H and O–H groups in total. The molecular formula is C16H21NO2S. The predicted molar refractivity (Wildman–Crippen MR) is 82.0 cm³/mol. The second kappa shape index (κ2) is 6.19. The van der Waals surface area contributed by atoms with Crippen molar-refractivity contribution in [2.75, 3.05) is 13.2 Å². The SMILES string of the molecule is O=C(C(S)Cc1ccccc1)N1CCOC2CCCC21. The van der Waals surface area contributed by atoms with Gasteiger partial charge < -0.3 is 9.64 Å². The lowest BCUT2D eigenvalue weighted by molar-refractivity contribution is -0.143. The van der Waals surface area contributed by atoms with E-state index in [1.165, 1.54) is 0 Å². The van der Waals surface area contributed by atoms with Crippen LogP contribution in [-0.4, -0.2) is 41.4 Å². The van der Waals surface area contributed by atoms with Gasteiger partial charge in [-0.3, -0.25) is 4.79 Å². The first kappa shape index (κ1) is 14.0. The topological polar surface area (TPSA) is 29.5 Å². The summed E-state index contributed by atoms with van der Waals surface area (Å²) in [5, 5.41) is -0.253. The van der Waals surface area contributed by atoms with Gasteiger partial charge in [0.1, 0.15) is 0 Å². The van der Waals surface area contributed by atoms with Crippen LogP contribution >= 0.6 is 12.6 Å². The summed E-state index contributed by atoms with van der Waals surface area (Å²) in [5.41, 5.74) is 1.16. The molecule has 3 nitrogen and oxygen atoms in total. The molecule has 1 amide bonds. The molecule has 20 heavy (non-hydrogen) atoms. The maximum Gasteiger partial charge on any atom is 0.236 e. The number of ether oxygens (including phenoxy) is 1. The van der Waals surface area contributed by atoms with Gasteiger partial charge in [0.25, 0.3) is 0 Å². The summed E-state index contributed by atoms with van der Waals surface area (Å²) in [6.45, 7) is 1.38. The van der Waals surface area contributed by atoms with Crippen LogP contribution in [0, 0.1) is 0 Å². The van der Waals surface area contributed by atoms with Gasteiger partial charge in [-0.15, -0.1) is 0 Å². The van der Waals surface area contributed by atoms with Gasteiger partial charge in [0.2, 0.25) is 5.91 Å². The highest BCUT2D eigenvalue weighted by molar-refractivity contribution is 7.81. The van der Waals surface area contributed by atoms with E-state index in [0.717, 1.165) is 24.8 Å². The quantitative estimate of drug-likeness (QED) is 0.866. The minimum Gasteiger partial charge on any atom is -0.374 e. The second-order valence-electron chi connectivity index (χ2n) is 5.64. The Bertz CT molecular complexity index is 465. The average molecular weight is 291 g/mol. The molecule has 1 aliphatic carbocycles. The normalized spacial score (nSPS) is 27.1. The van der Waals surface area contributed by atoms with E-state index >= 15 is 0 Å². The van der Waals surface area contributed by atoms with Crippen LogP contribution in [-0.2, 0) is 16.0 Å². The minimum absolute atomic E-state index is 0.164. The molecule has 2 fully saturated rings. The molecule has 0 aromatic heterocycles. The first-order valence-corrected chi connectivity index (χ1v) is 7.91. The van der Waals surface area contributed by atoms with Crippen molar-refractivity contribution in [3.63, 3.8) is 0 Å². The number of thiol groups is 1. The molecule has 108 valence electrons. The molecule has 1 saturated carbocycles. The van der Waals surface area contributed by atoms with Crippen LogP contribution in [0.3, 0.4) is 0 Å². The fraction of sp³-hybridized carbons (Fsp3) is 0.562. The standard InChI is InChI=1S/C16H21NO2S/c18-16(15(20)11-12-5-2-1-3-6-12)17-9-10-19-14-8-4-7-13(14)17/h1-3,5-6,13-15,20H,4,7-11H2. The van der Waals surface area contributed by atoms with Crippen molar-refractivity contribution in [2.45, 2.75) is 43.1 Å². The first-order valence-electron chi connectivity index (χ1n) is 7.40. The van der Waals surface area contributed by atoms with Gasteiger partial charge in [0, 0.05) is 6.54 Å². The van der Waals surface area contributed by atoms with Gasteiger partial charge in [-0.1, -0.05) is 30.3 Å². The van der Waals surface area contributed by atoms with Crippen LogP contribution < -0.4 is 0 Å². The van der Waals surface area contributed by atoms with Gasteiger partial charge in [0.05, 0.1) is 24.0 Å². The summed E-state index contributed by atoms with van der Waals surface area (Å²) in [6.07, 6.45) is 4.27. The zero-order chi connectivity index (χ0) is 13.9. The van der Waals surface area contributed by atoms with Gasteiger partial charge in [-0.05, 0) is 31.2 Å². The molecular weight excluding hydrogens is 270 g/mol. The maximum atomic E-state index is 12.6. The Hall–Kier alpha value is -1.00. The lowest BCUT2D eigenvalue weighted by Gasteiger charge is -2.38. The number of benzene rings is 1. The number of rotatable bonds is 3. The first-order chi connectivity index (χ1) is 9.75. The number of carbonyl (C=O) groups is 1. The fourth-order valence-corrected chi connectivity index (χ4v) is 3.67. The number of nitrogens with zero attached hydrogens (tertiary/aromatic N) is 1. The molecule has 4 heteroatoms. The molecule has 0 radical (unpaired) electrons. The molecule has 3 rings (SSSR count). The number of fused-ring (bicyclic) bond motifs is 1. The Morgan fingerprint density at radius 2 is 2.15 bits per heavy atom. The zero-order valence-electron chi connectivity index (χ0n) is 11.6. The van der Waals surface area contributed by atoms with Crippen molar-refractivity contribution in [1.82, 2.24) is 4.90 Å². The van der Waals surface area contributed by atoms with E-state index in [1.807, 2.05) is 35.2 Å². The summed E-state index contributed by atoms with van der Waals surface area (Å²) in [5.74, 6) is 0.164. The van der Waals surface area contributed by atoms with E-state index in [0.29, 0.717) is 19.6 Å². The van der Waals surface area contributed by atoms with Crippen molar-refractivity contribution < 1.29 is 9.53 Å². The summed E-state index contributed by atoms with van der Waals surface area (Å²) < 4.78 is 5.76. The van der Waals surface area contributed by atoms with Crippen LogP contribution in [0.15, 0.2) is 30.3 Å². The van der Waals surface area contributed by atoms with Crippen molar-refractivity contribution in [2.24, 2.45) is 0 Å². The van der Waals surface area contributed by atoms with Gasteiger partial charge >= 0.3 is 0 Å². The molecule has 0 bridgehead atoms. The van der Waals surface area contributed by atoms with E-state index in [4.69, 9.17) is 4.74 Å². The van der Waals surface area contributed by atoms with Crippen LogP contribution in [0.2, 0.25) is 0 Å². The number of morpholine rings is 1. The number of carbonyl (C=O) groups excluding carboxylic acids is 1. The van der Waals surface area contributed by atoms with Crippen molar-refractivity contribution >= 4 is 18.5 Å². The largest absolute Gasteiger partial charge is 0.374 e. The van der Waals surface area contributed by atoms with Gasteiger partial charge in [0.15, 0.2) is 0 Å². The Balaban J connectivity index is 1.65. The van der Waals surface area contributed by atoms with Gasteiger partial charge in [-0.25, -0.2) is 0 Å². The lowest BCUT2D eigenvalue weighted by Crippen LogP contribution is -2.53. The minimum atomic E-state index is -0.253. The monoisotopic (exact) mass is 291 g/mol. The molecule has 1 heterocycles. The number of hydrogen-bond donors (Lipinski definition) is 1. The Morgan fingerprint density at radius 3 is 2.95 bits per heavy atom. The molecule has 1 aromatic rings. The number of amides is 1. The predicted octanol–water partition coefficient (Wildman–Crippen LogP) is 2.31. The number of hydrogen-bond acceptors (Lipinski definition) is 3. The Kier molecular flexibility index (Phi) is 4.32. The molecule has 3 unspecified atom stereocenters. The summed E-state index contributed by atoms with van der Waals surface area (Å²) >= 11 is 4.54. The van der Waals surface area contributed by atoms with E-state index < -0.39 is 0 Å². The Labute approximate surface area is 125 Å². The van der Waals surface area contributed by atoms with Crippen LogP contribution in [0.1, 0.15) is 24.8 Å². The third-order valence-corrected chi connectivity index (χ3v) is 4.73. The molecule has 2 aliphatic rings. The summed E-state index contributed by atoms with van der Waals surface area (Å²) in [7, 11) is 0. The second-order valence-corrected chi connectivity index (χ2v) is 6.27. The molecule has 1 aliphatic heterocycles.